The number of anilines is 2. The summed E-state index contributed by atoms with van der Waals surface area (Å²) in [6.07, 6.45) is 0. The molecular weight excluding hydrogens is 296 g/mol. The Kier molecular flexibility index (Phi) is 3.38. The summed E-state index contributed by atoms with van der Waals surface area (Å²) in [5.74, 6) is 0.259. The number of carbonyl (C=O) groups is 1. The Morgan fingerprint density at radius 1 is 1.44 bits per heavy atom. The molecule has 0 spiro atoms. The lowest BCUT2D eigenvalue weighted by Crippen LogP contribution is -2.14. The van der Waals surface area contributed by atoms with E-state index in [4.69, 9.17) is 5.73 Å². The first-order valence-corrected chi connectivity index (χ1v) is 6.16. The van der Waals surface area contributed by atoms with Gasteiger partial charge in [0.2, 0.25) is 0 Å². The van der Waals surface area contributed by atoms with E-state index in [-0.39, 0.29) is 5.91 Å². The zero-order valence-corrected chi connectivity index (χ0v) is 11.6. The normalized spacial score (nSPS) is 10.4. The molecule has 0 atom stereocenters. The van der Waals surface area contributed by atoms with Crippen molar-refractivity contribution < 1.29 is 4.79 Å². The number of hydrogen-bond acceptors (Lipinski definition) is 3. The molecule has 0 aliphatic carbocycles. The lowest BCUT2D eigenvalue weighted by molar-refractivity contribution is 0.102. The first-order valence-electron chi connectivity index (χ1n) is 5.37. The Balaban J connectivity index is 2.25. The summed E-state index contributed by atoms with van der Waals surface area (Å²) in [6.45, 7) is 3.78. The van der Waals surface area contributed by atoms with Gasteiger partial charge >= 0.3 is 0 Å². The molecule has 0 unspecified atom stereocenters. The summed E-state index contributed by atoms with van der Waals surface area (Å²) in [6, 6.07) is 5.13. The molecule has 2 aromatic rings. The predicted octanol–water partition coefficient (Wildman–Crippen LogP) is 2.62. The van der Waals surface area contributed by atoms with Crippen molar-refractivity contribution in [2.75, 3.05) is 11.1 Å². The average Bonchev–Trinajstić information content (AvgIpc) is 2.61. The summed E-state index contributed by atoms with van der Waals surface area (Å²) in [7, 11) is 0. The summed E-state index contributed by atoms with van der Waals surface area (Å²) >= 11 is 3.30. The first-order chi connectivity index (χ1) is 8.49. The van der Waals surface area contributed by atoms with Gasteiger partial charge in [-0.1, -0.05) is 15.9 Å². The molecule has 94 valence electrons. The molecule has 1 aromatic carbocycles. The zero-order valence-electron chi connectivity index (χ0n) is 10.0. The maximum absolute atomic E-state index is 12.0. The van der Waals surface area contributed by atoms with Crippen LogP contribution in [0.3, 0.4) is 0 Å². The van der Waals surface area contributed by atoms with Crippen LogP contribution in [-0.4, -0.2) is 16.1 Å². The smallest absolute Gasteiger partial charge is 0.258 e. The quantitative estimate of drug-likeness (QED) is 0.746. The van der Waals surface area contributed by atoms with Crippen LogP contribution in [0.2, 0.25) is 0 Å². The molecule has 0 fully saturated rings. The van der Waals surface area contributed by atoms with Gasteiger partial charge in [-0.25, -0.2) is 0 Å². The van der Waals surface area contributed by atoms with Gasteiger partial charge in [0.25, 0.3) is 5.91 Å². The van der Waals surface area contributed by atoms with E-state index < -0.39 is 0 Å². The number of nitrogens with two attached hydrogens (primary N) is 1. The molecule has 6 heteroatoms. The van der Waals surface area contributed by atoms with Crippen LogP contribution in [0.4, 0.5) is 11.5 Å². The highest BCUT2D eigenvalue weighted by Gasteiger charge is 2.13. The average molecular weight is 309 g/mol. The van der Waals surface area contributed by atoms with Crippen molar-refractivity contribution in [1.82, 2.24) is 10.2 Å². The molecule has 18 heavy (non-hydrogen) atoms. The maximum atomic E-state index is 12.0. The number of aromatic amines is 1. The van der Waals surface area contributed by atoms with Crippen LogP contribution in [0.5, 0.6) is 0 Å². The van der Waals surface area contributed by atoms with Gasteiger partial charge in [0.1, 0.15) is 0 Å². The number of benzene rings is 1. The Bertz CT molecular complexity index is 606. The van der Waals surface area contributed by atoms with E-state index in [2.05, 4.69) is 31.4 Å². The molecular formula is C12H13BrN4O. The van der Waals surface area contributed by atoms with Crippen molar-refractivity contribution in [3.8, 4) is 0 Å². The molecule has 0 bridgehead atoms. The summed E-state index contributed by atoms with van der Waals surface area (Å²) in [4.78, 5) is 12.0. The van der Waals surface area contributed by atoms with Crippen molar-refractivity contribution in [3.05, 3.63) is 39.5 Å². The Hall–Kier alpha value is -1.82. The molecule has 1 heterocycles. The van der Waals surface area contributed by atoms with Crippen molar-refractivity contribution in [1.29, 1.82) is 0 Å². The summed E-state index contributed by atoms with van der Waals surface area (Å²) < 4.78 is 0.836. The van der Waals surface area contributed by atoms with Crippen molar-refractivity contribution in [2.24, 2.45) is 0 Å². The van der Waals surface area contributed by atoms with Gasteiger partial charge in [-0.15, -0.1) is 0 Å². The number of nitrogen functional groups attached to an aromatic ring is 1. The number of H-pyrrole nitrogens is 1. The number of halogens is 1. The highest BCUT2D eigenvalue weighted by Crippen LogP contribution is 2.20. The van der Waals surface area contributed by atoms with Crippen molar-refractivity contribution in [3.63, 3.8) is 0 Å². The third-order valence-corrected chi connectivity index (χ3v) is 3.24. The highest BCUT2D eigenvalue weighted by molar-refractivity contribution is 9.10. The molecule has 0 saturated carbocycles. The number of carbonyl (C=O) groups excluding carboxylic acids is 1. The first kappa shape index (κ1) is 12.6. The van der Waals surface area contributed by atoms with E-state index in [0.29, 0.717) is 17.1 Å². The second-order valence-electron chi connectivity index (χ2n) is 4.01. The number of amides is 1. The fourth-order valence-corrected chi connectivity index (χ4v) is 1.90. The largest absolute Gasteiger partial charge is 0.398 e. The SMILES string of the molecule is Cc1[nH]nc(NC(=O)c2ccc(Br)cc2N)c1C. The number of aromatic nitrogens is 2. The van der Waals surface area contributed by atoms with E-state index in [9.17, 15) is 4.79 Å². The van der Waals surface area contributed by atoms with Crippen LogP contribution in [0.15, 0.2) is 22.7 Å². The van der Waals surface area contributed by atoms with E-state index in [1.165, 1.54) is 0 Å². The Morgan fingerprint density at radius 2 is 2.17 bits per heavy atom. The van der Waals surface area contributed by atoms with E-state index in [0.717, 1.165) is 15.7 Å². The molecule has 0 aliphatic heterocycles. The van der Waals surface area contributed by atoms with Crippen molar-refractivity contribution in [2.45, 2.75) is 13.8 Å². The van der Waals surface area contributed by atoms with Crippen LogP contribution < -0.4 is 11.1 Å². The molecule has 5 nitrogen and oxygen atoms in total. The topological polar surface area (TPSA) is 83.8 Å². The van der Waals surface area contributed by atoms with Crippen LogP contribution in [0.1, 0.15) is 21.6 Å². The third-order valence-electron chi connectivity index (χ3n) is 2.74. The van der Waals surface area contributed by atoms with Crippen LogP contribution >= 0.6 is 15.9 Å². The zero-order chi connectivity index (χ0) is 13.3. The van der Waals surface area contributed by atoms with Gasteiger partial charge in [-0.3, -0.25) is 9.89 Å². The lowest BCUT2D eigenvalue weighted by Gasteiger charge is -2.06. The lowest BCUT2D eigenvalue weighted by atomic mass is 10.1. The highest BCUT2D eigenvalue weighted by atomic mass is 79.9. The maximum Gasteiger partial charge on any atom is 0.258 e. The van der Waals surface area contributed by atoms with E-state index >= 15 is 0 Å². The fourth-order valence-electron chi connectivity index (χ4n) is 1.52. The second-order valence-corrected chi connectivity index (χ2v) is 4.92. The molecule has 0 radical (unpaired) electrons. The van der Waals surface area contributed by atoms with Crippen LogP contribution in [-0.2, 0) is 0 Å². The van der Waals surface area contributed by atoms with Gasteiger partial charge in [-0.05, 0) is 32.0 Å². The Morgan fingerprint density at radius 3 is 2.72 bits per heavy atom. The van der Waals surface area contributed by atoms with Gasteiger partial charge in [-0.2, -0.15) is 5.10 Å². The monoisotopic (exact) mass is 308 g/mol. The van der Waals surface area contributed by atoms with E-state index in [1.807, 2.05) is 13.8 Å². The standard InChI is InChI=1S/C12H13BrN4O/c1-6-7(2)16-17-11(6)15-12(18)9-4-3-8(13)5-10(9)14/h3-5H,14H2,1-2H3,(H2,15,16,17,18). The number of aryl methyl sites for hydroxylation is 1. The van der Waals surface area contributed by atoms with Gasteiger partial charge in [0.15, 0.2) is 5.82 Å². The Labute approximate surface area is 113 Å². The van der Waals surface area contributed by atoms with Gasteiger partial charge in [0.05, 0.1) is 5.56 Å². The number of nitrogens with one attached hydrogen (secondary N) is 2. The number of hydrogen-bond donors (Lipinski definition) is 3. The van der Waals surface area contributed by atoms with Gasteiger partial charge < -0.3 is 11.1 Å². The van der Waals surface area contributed by atoms with Crippen LogP contribution in [0, 0.1) is 13.8 Å². The summed E-state index contributed by atoms with van der Waals surface area (Å²) in [5.41, 5.74) is 8.49. The molecule has 4 N–H and O–H groups in total. The molecule has 1 aromatic heterocycles. The molecule has 1 amide bonds. The van der Waals surface area contributed by atoms with E-state index in [1.54, 1.807) is 18.2 Å². The predicted molar refractivity (Wildman–Crippen MR) is 74.6 cm³/mol. The summed E-state index contributed by atoms with van der Waals surface area (Å²) in [5, 5.41) is 9.57. The molecule has 0 aliphatic rings. The fraction of sp³-hybridized carbons (Fsp3) is 0.167. The number of rotatable bonds is 2. The minimum absolute atomic E-state index is 0.269. The van der Waals surface area contributed by atoms with Gasteiger partial charge in [0, 0.05) is 21.4 Å². The second kappa shape index (κ2) is 4.81. The third kappa shape index (κ3) is 2.38. The minimum atomic E-state index is -0.269. The minimum Gasteiger partial charge on any atom is -0.398 e. The molecule has 0 saturated heterocycles. The molecule has 2 rings (SSSR count). The van der Waals surface area contributed by atoms with Crippen molar-refractivity contribution >= 4 is 33.3 Å². The van der Waals surface area contributed by atoms with Crippen LogP contribution in [0.25, 0.3) is 0 Å². The number of nitrogens with zero attached hydrogens (tertiary/aromatic N) is 1.